The van der Waals surface area contributed by atoms with Crippen LogP contribution in [0, 0.1) is 18.8 Å². The van der Waals surface area contributed by atoms with E-state index in [1.54, 1.807) is 0 Å². The summed E-state index contributed by atoms with van der Waals surface area (Å²) in [6, 6.07) is 4.10. The second kappa shape index (κ2) is 5.38. The second-order valence-corrected chi connectivity index (χ2v) is 5.62. The van der Waals surface area contributed by atoms with Gasteiger partial charge in [0.15, 0.2) is 0 Å². The Morgan fingerprint density at radius 3 is 2.06 bits per heavy atom. The fourth-order valence-electron chi connectivity index (χ4n) is 2.14. The Labute approximate surface area is 99.5 Å². The van der Waals surface area contributed by atoms with Gasteiger partial charge in [-0.05, 0) is 54.4 Å². The molecule has 0 atom stereocenters. The van der Waals surface area contributed by atoms with Crippen molar-refractivity contribution in [3.05, 3.63) is 28.8 Å². The highest BCUT2D eigenvalue weighted by atomic mass is 16.3. The van der Waals surface area contributed by atoms with Crippen molar-refractivity contribution in [1.82, 2.24) is 0 Å². The molecule has 1 aromatic carbocycles. The third-order valence-electron chi connectivity index (χ3n) is 2.70. The number of hydrogen-bond acceptors (Lipinski definition) is 1. The second-order valence-electron chi connectivity index (χ2n) is 5.62. The van der Waals surface area contributed by atoms with Crippen LogP contribution in [0.25, 0.3) is 0 Å². The van der Waals surface area contributed by atoms with Gasteiger partial charge < -0.3 is 5.11 Å². The van der Waals surface area contributed by atoms with Crippen LogP contribution in [0.5, 0.6) is 5.75 Å². The minimum atomic E-state index is 0.476. The van der Waals surface area contributed by atoms with Crippen molar-refractivity contribution in [3.8, 4) is 5.75 Å². The Balaban J connectivity index is 3.10. The molecule has 16 heavy (non-hydrogen) atoms. The monoisotopic (exact) mass is 220 g/mol. The van der Waals surface area contributed by atoms with E-state index in [1.807, 2.05) is 13.0 Å². The van der Waals surface area contributed by atoms with E-state index in [0.717, 1.165) is 24.0 Å². The molecule has 1 N–H and O–H groups in total. The lowest BCUT2D eigenvalue weighted by Gasteiger charge is -2.16. The van der Waals surface area contributed by atoms with Crippen molar-refractivity contribution >= 4 is 0 Å². The quantitative estimate of drug-likeness (QED) is 0.810. The topological polar surface area (TPSA) is 20.2 Å². The Morgan fingerprint density at radius 1 is 1.00 bits per heavy atom. The summed E-state index contributed by atoms with van der Waals surface area (Å²) in [4.78, 5) is 0. The van der Waals surface area contributed by atoms with Gasteiger partial charge in [0.05, 0.1) is 0 Å². The fraction of sp³-hybridized carbons (Fsp3) is 0.600. The van der Waals surface area contributed by atoms with Gasteiger partial charge in [-0.2, -0.15) is 0 Å². The van der Waals surface area contributed by atoms with Gasteiger partial charge >= 0.3 is 0 Å². The highest BCUT2D eigenvalue weighted by Crippen LogP contribution is 2.28. The van der Waals surface area contributed by atoms with Crippen LogP contribution < -0.4 is 0 Å². The zero-order valence-corrected chi connectivity index (χ0v) is 11.2. The van der Waals surface area contributed by atoms with E-state index in [-0.39, 0.29) is 0 Å². The van der Waals surface area contributed by atoms with Crippen LogP contribution in [0.1, 0.15) is 44.4 Å². The molecule has 0 saturated carbocycles. The van der Waals surface area contributed by atoms with Gasteiger partial charge in [0.2, 0.25) is 0 Å². The maximum Gasteiger partial charge on any atom is 0.119 e. The third kappa shape index (κ3) is 3.55. The minimum Gasteiger partial charge on any atom is -0.508 e. The molecule has 0 unspecified atom stereocenters. The Morgan fingerprint density at radius 2 is 1.56 bits per heavy atom. The number of hydrogen-bond donors (Lipinski definition) is 1. The molecule has 1 rings (SSSR count). The fourth-order valence-corrected chi connectivity index (χ4v) is 2.14. The van der Waals surface area contributed by atoms with Crippen molar-refractivity contribution in [2.45, 2.75) is 47.5 Å². The summed E-state index contributed by atoms with van der Waals surface area (Å²) in [6.45, 7) is 10.9. The molecule has 0 aliphatic rings. The van der Waals surface area contributed by atoms with Gasteiger partial charge in [-0.25, -0.2) is 0 Å². The molecule has 0 saturated heterocycles. The summed E-state index contributed by atoms with van der Waals surface area (Å²) in [5.74, 6) is 1.69. The number of aryl methyl sites for hydroxylation is 1. The maximum atomic E-state index is 10.0. The Kier molecular flexibility index (Phi) is 4.40. The molecule has 0 amide bonds. The van der Waals surface area contributed by atoms with Gasteiger partial charge in [0, 0.05) is 0 Å². The lowest BCUT2D eigenvalue weighted by atomic mass is 9.91. The molecule has 1 aromatic rings. The van der Waals surface area contributed by atoms with Gasteiger partial charge in [0.25, 0.3) is 0 Å². The smallest absolute Gasteiger partial charge is 0.119 e. The maximum absolute atomic E-state index is 10.0. The first-order valence-corrected chi connectivity index (χ1v) is 6.21. The van der Waals surface area contributed by atoms with Gasteiger partial charge in [-0.15, -0.1) is 0 Å². The summed E-state index contributed by atoms with van der Waals surface area (Å²) in [7, 11) is 0. The number of aromatic hydroxyl groups is 1. The van der Waals surface area contributed by atoms with E-state index in [0.29, 0.717) is 17.6 Å². The predicted molar refractivity (Wildman–Crippen MR) is 69.9 cm³/mol. The first-order chi connectivity index (χ1) is 7.40. The van der Waals surface area contributed by atoms with Crippen LogP contribution in [0.15, 0.2) is 12.1 Å². The van der Waals surface area contributed by atoms with Gasteiger partial charge in [-0.1, -0.05) is 33.8 Å². The molecule has 0 bridgehead atoms. The van der Waals surface area contributed by atoms with E-state index in [2.05, 4.69) is 33.8 Å². The number of benzene rings is 1. The van der Waals surface area contributed by atoms with E-state index >= 15 is 0 Å². The highest BCUT2D eigenvalue weighted by Gasteiger charge is 2.12. The lowest BCUT2D eigenvalue weighted by Crippen LogP contribution is -2.04. The Hall–Kier alpha value is -0.980. The number of phenolic OH excluding ortho intramolecular Hbond substituents is 1. The molecular weight excluding hydrogens is 196 g/mol. The van der Waals surface area contributed by atoms with E-state index in [9.17, 15) is 5.11 Å². The van der Waals surface area contributed by atoms with Crippen LogP contribution >= 0.6 is 0 Å². The minimum absolute atomic E-state index is 0.476. The zero-order chi connectivity index (χ0) is 12.3. The molecular formula is C15H24O. The van der Waals surface area contributed by atoms with Crippen LogP contribution in [0.4, 0.5) is 0 Å². The predicted octanol–water partition coefficient (Wildman–Crippen LogP) is 4.10. The van der Waals surface area contributed by atoms with Crippen molar-refractivity contribution < 1.29 is 5.11 Å². The summed E-state index contributed by atoms with van der Waals surface area (Å²) >= 11 is 0. The summed E-state index contributed by atoms with van der Waals surface area (Å²) in [5.41, 5.74) is 3.62. The molecule has 1 nitrogen and oxygen atoms in total. The summed E-state index contributed by atoms with van der Waals surface area (Å²) in [5, 5.41) is 10.0. The van der Waals surface area contributed by atoms with E-state index in [4.69, 9.17) is 0 Å². The average Bonchev–Trinajstić information content (AvgIpc) is 2.09. The molecule has 0 aromatic heterocycles. The standard InChI is InChI=1S/C15H24O/c1-10(2)6-13-8-12(5)9-15(16)14(13)7-11(3)4/h8-11,16H,6-7H2,1-5H3. The van der Waals surface area contributed by atoms with Gasteiger partial charge in [-0.3, -0.25) is 0 Å². The third-order valence-corrected chi connectivity index (χ3v) is 2.70. The summed E-state index contributed by atoms with van der Waals surface area (Å²) < 4.78 is 0. The summed E-state index contributed by atoms with van der Waals surface area (Å²) in [6.07, 6.45) is 2.02. The molecule has 0 radical (unpaired) electrons. The van der Waals surface area contributed by atoms with Crippen LogP contribution in [0.3, 0.4) is 0 Å². The molecule has 1 heteroatoms. The first kappa shape index (κ1) is 13.1. The van der Waals surface area contributed by atoms with Crippen LogP contribution in [-0.2, 0) is 12.8 Å². The molecule has 0 aliphatic carbocycles. The highest BCUT2D eigenvalue weighted by molar-refractivity contribution is 5.43. The van der Waals surface area contributed by atoms with Crippen LogP contribution in [-0.4, -0.2) is 5.11 Å². The normalized spacial score (nSPS) is 11.4. The SMILES string of the molecule is Cc1cc(O)c(CC(C)C)c(CC(C)C)c1. The number of rotatable bonds is 4. The molecule has 90 valence electrons. The first-order valence-electron chi connectivity index (χ1n) is 6.21. The lowest BCUT2D eigenvalue weighted by molar-refractivity contribution is 0.459. The average molecular weight is 220 g/mol. The van der Waals surface area contributed by atoms with Crippen molar-refractivity contribution in [3.63, 3.8) is 0 Å². The Bertz CT molecular complexity index is 351. The van der Waals surface area contributed by atoms with E-state index in [1.165, 1.54) is 5.56 Å². The van der Waals surface area contributed by atoms with Crippen molar-refractivity contribution in [2.24, 2.45) is 11.8 Å². The zero-order valence-electron chi connectivity index (χ0n) is 11.2. The van der Waals surface area contributed by atoms with Crippen LogP contribution in [0.2, 0.25) is 0 Å². The molecule has 0 aliphatic heterocycles. The van der Waals surface area contributed by atoms with E-state index < -0.39 is 0 Å². The van der Waals surface area contributed by atoms with Gasteiger partial charge in [0.1, 0.15) is 5.75 Å². The molecule has 0 spiro atoms. The largest absolute Gasteiger partial charge is 0.508 e. The van der Waals surface area contributed by atoms with Crippen molar-refractivity contribution in [2.75, 3.05) is 0 Å². The molecule has 0 heterocycles. The molecule has 0 fully saturated rings. The number of phenols is 1. The van der Waals surface area contributed by atoms with Crippen molar-refractivity contribution in [1.29, 1.82) is 0 Å².